The number of para-hydroxylation sites is 1. The average Bonchev–Trinajstić information content (AvgIpc) is 3.21. The van der Waals surface area contributed by atoms with Crippen molar-refractivity contribution in [3.05, 3.63) is 72.3 Å². The van der Waals surface area contributed by atoms with Crippen LogP contribution in [0.5, 0.6) is 11.5 Å². The third kappa shape index (κ3) is 4.27. The molecule has 0 unspecified atom stereocenters. The number of ether oxygens (including phenoxy) is 2. The van der Waals surface area contributed by atoms with E-state index in [4.69, 9.17) is 13.9 Å². The van der Waals surface area contributed by atoms with Crippen LogP contribution in [-0.2, 0) is 11.2 Å². The van der Waals surface area contributed by atoms with E-state index in [9.17, 15) is 4.79 Å². The third-order valence-electron chi connectivity index (χ3n) is 4.69. The molecule has 1 heterocycles. The van der Waals surface area contributed by atoms with Gasteiger partial charge < -0.3 is 19.2 Å². The van der Waals surface area contributed by atoms with Crippen LogP contribution in [0.2, 0.25) is 0 Å². The zero-order valence-electron chi connectivity index (χ0n) is 16.8. The lowest BCUT2D eigenvalue weighted by Gasteiger charge is -2.08. The summed E-state index contributed by atoms with van der Waals surface area (Å²) in [6, 6.07) is 20.6. The fourth-order valence-electron chi connectivity index (χ4n) is 3.14. The Morgan fingerprint density at radius 1 is 1.07 bits per heavy atom. The Morgan fingerprint density at radius 2 is 1.93 bits per heavy atom. The number of benzene rings is 3. The number of anilines is 1. The number of carbonyl (C=O) groups is 1. The second kappa shape index (κ2) is 8.69. The van der Waals surface area contributed by atoms with E-state index in [2.05, 4.69) is 17.2 Å². The second-order valence-electron chi connectivity index (χ2n) is 6.74. The zero-order chi connectivity index (χ0) is 20.9. The van der Waals surface area contributed by atoms with Gasteiger partial charge in [0.2, 0.25) is 5.89 Å². The molecule has 30 heavy (non-hydrogen) atoms. The van der Waals surface area contributed by atoms with Gasteiger partial charge >= 0.3 is 0 Å². The van der Waals surface area contributed by atoms with Crippen molar-refractivity contribution in [2.45, 2.75) is 13.3 Å². The van der Waals surface area contributed by atoms with E-state index in [1.165, 1.54) is 0 Å². The molecule has 1 aromatic heterocycles. The molecule has 1 N–H and O–H groups in total. The van der Waals surface area contributed by atoms with Gasteiger partial charge in [-0.3, -0.25) is 4.79 Å². The van der Waals surface area contributed by atoms with Crippen LogP contribution in [0.3, 0.4) is 0 Å². The second-order valence-corrected chi connectivity index (χ2v) is 6.74. The van der Waals surface area contributed by atoms with Crippen molar-refractivity contribution in [2.75, 3.05) is 19.0 Å². The van der Waals surface area contributed by atoms with Crippen LogP contribution in [0.1, 0.15) is 12.5 Å². The molecule has 0 radical (unpaired) electrons. The van der Waals surface area contributed by atoms with Gasteiger partial charge in [0, 0.05) is 11.8 Å². The van der Waals surface area contributed by atoms with Gasteiger partial charge in [-0.25, -0.2) is 4.98 Å². The highest BCUT2D eigenvalue weighted by Gasteiger charge is 2.13. The largest absolute Gasteiger partial charge is 0.496 e. The number of nitrogens with zero attached hydrogens (tertiary/aromatic N) is 1. The molecule has 0 atom stereocenters. The molecular formula is C24H22N2O4. The van der Waals surface area contributed by atoms with E-state index < -0.39 is 0 Å². The Bertz CT molecular complexity index is 1180. The molecule has 6 nitrogen and oxygen atoms in total. The minimum Gasteiger partial charge on any atom is -0.496 e. The monoisotopic (exact) mass is 402 g/mol. The molecule has 0 fully saturated rings. The molecule has 3 aromatic carbocycles. The fourth-order valence-corrected chi connectivity index (χ4v) is 3.14. The summed E-state index contributed by atoms with van der Waals surface area (Å²) in [6.07, 6.45) is 0.914. The quantitative estimate of drug-likeness (QED) is 0.466. The summed E-state index contributed by atoms with van der Waals surface area (Å²) >= 11 is 0. The van der Waals surface area contributed by atoms with Crippen molar-refractivity contribution >= 4 is 22.7 Å². The number of methoxy groups -OCH3 is 1. The minimum absolute atomic E-state index is 0.0753. The number of hydrogen-bond acceptors (Lipinski definition) is 5. The number of nitrogens with one attached hydrogen (secondary N) is 1. The first-order valence-corrected chi connectivity index (χ1v) is 9.72. The standard InChI is InChI=1S/C24H22N2O4/c1-3-16-7-6-8-18(13-16)29-15-23(27)25-17-11-12-20-22(14-17)30-24(26-20)19-9-4-5-10-21(19)28-2/h4-14H,3,15H2,1-2H3,(H,25,27). The van der Waals surface area contributed by atoms with Crippen LogP contribution in [-0.4, -0.2) is 24.6 Å². The van der Waals surface area contributed by atoms with E-state index in [0.717, 1.165) is 17.5 Å². The van der Waals surface area contributed by atoms with Crippen LogP contribution in [0.4, 0.5) is 5.69 Å². The summed E-state index contributed by atoms with van der Waals surface area (Å²) in [6.45, 7) is 2.00. The lowest BCUT2D eigenvalue weighted by atomic mass is 10.2. The predicted octanol–water partition coefficient (Wildman–Crippen LogP) is 5.08. The highest BCUT2D eigenvalue weighted by molar-refractivity contribution is 5.94. The van der Waals surface area contributed by atoms with E-state index in [1.54, 1.807) is 25.3 Å². The Balaban J connectivity index is 1.46. The lowest BCUT2D eigenvalue weighted by Crippen LogP contribution is -2.20. The Kier molecular flexibility index (Phi) is 5.66. The number of fused-ring (bicyclic) bond motifs is 1. The van der Waals surface area contributed by atoms with Gasteiger partial charge in [0.15, 0.2) is 12.2 Å². The number of carbonyl (C=O) groups excluding carboxylic acids is 1. The smallest absolute Gasteiger partial charge is 0.262 e. The summed E-state index contributed by atoms with van der Waals surface area (Å²) < 4.78 is 16.9. The van der Waals surface area contributed by atoms with Crippen molar-refractivity contribution in [2.24, 2.45) is 0 Å². The van der Waals surface area contributed by atoms with Crippen LogP contribution in [0, 0.1) is 0 Å². The Morgan fingerprint density at radius 3 is 2.77 bits per heavy atom. The van der Waals surface area contributed by atoms with Crippen LogP contribution in [0.25, 0.3) is 22.6 Å². The van der Waals surface area contributed by atoms with Crippen molar-refractivity contribution in [3.63, 3.8) is 0 Å². The fraction of sp³-hybridized carbons (Fsp3) is 0.167. The summed E-state index contributed by atoms with van der Waals surface area (Å²) in [5, 5.41) is 2.83. The molecule has 6 heteroatoms. The first-order chi connectivity index (χ1) is 14.7. The van der Waals surface area contributed by atoms with Gasteiger partial charge in [-0.1, -0.05) is 31.2 Å². The molecule has 4 rings (SSSR count). The molecule has 152 valence electrons. The van der Waals surface area contributed by atoms with Gasteiger partial charge in [-0.2, -0.15) is 0 Å². The van der Waals surface area contributed by atoms with E-state index in [0.29, 0.717) is 34.2 Å². The van der Waals surface area contributed by atoms with E-state index >= 15 is 0 Å². The highest BCUT2D eigenvalue weighted by Crippen LogP contribution is 2.32. The summed E-state index contributed by atoms with van der Waals surface area (Å²) in [5.74, 6) is 1.57. The van der Waals surface area contributed by atoms with Gasteiger partial charge in [0.05, 0.1) is 12.7 Å². The van der Waals surface area contributed by atoms with E-state index in [1.807, 2.05) is 48.5 Å². The summed E-state index contributed by atoms with van der Waals surface area (Å²) in [5.41, 5.74) is 3.81. The first kappa shape index (κ1) is 19.5. The number of oxazole rings is 1. The Labute approximate surface area is 174 Å². The van der Waals surface area contributed by atoms with Gasteiger partial charge in [-0.05, 0) is 48.4 Å². The normalized spacial score (nSPS) is 10.7. The highest BCUT2D eigenvalue weighted by atomic mass is 16.5. The molecular weight excluding hydrogens is 380 g/mol. The molecule has 4 aromatic rings. The maximum Gasteiger partial charge on any atom is 0.262 e. The molecule has 0 aliphatic heterocycles. The van der Waals surface area contributed by atoms with E-state index in [-0.39, 0.29) is 12.5 Å². The van der Waals surface area contributed by atoms with Gasteiger partial charge in [0.1, 0.15) is 17.0 Å². The first-order valence-electron chi connectivity index (χ1n) is 9.72. The number of amides is 1. The van der Waals surface area contributed by atoms with Crippen LogP contribution >= 0.6 is 0 Å². The number of aromatic nitrogens is 1. The van der Waals surface area contributed by atoms with Crippen LogP contribution in [0.15, 0.2) is 71.1 Å². The zero-order valence-corrected chi connectivity index (χ0v) is 16.8. The van der Waals surface area contributed by atoms with Crippen molar-refractivity contribution in [3.8, 4) is 23.0 Å². The summed E-state index contributed by atoms with van der Waals surface area (Å²) in [4.78, 5) is 16.8. The van der Waals surface area contributed by atoms with Crippen molar-refractivity contribution in [1.82, 2.24) is 4.98 Å². The molecule has 0 spiro atoms. The maximum absolute atomic E-state index is 12.3. The third-order valence-corrected chi connectivity index (χ3v) is 4.69. The molecule has 0 bridgehead atoms. The average molecular weight is 402 g/mol. The number of aryl methyl sites for hydroxylation is 1. The molecule has 0 aliphatic rings. The molecule has 0 aliphatic carbocycles. The number of hydrogen-bond donors (Lipinski definition) is 1. The number of rotatable bonds is 7. The maximum atomic E-state index is 12.3. The van der Waals surface area contributed by atoms with Gasteiger partial charge in [0.25, 0.3) is 5.91 Å². The predicted molar refractivity (Wildman–Crippen MR) is 116 cm³/mol. The molecule has 0 saturated carbocycles. The van der Waals surface area contributed by atoms with Crippen molar-refractivity contribution in [1.29, 1.82) is 0 Å². The Hall–Kier alpha value is -3.80. The lowest BCUT2D eigenvalue weighted by molar-refractivity contribution is -0.118. The minimum atomic E-state index is -0.249. The SMILES string of the molecule is CCc1cccc(OCC(=O)Nc2ccc3nc(-c4ccccc4OC)oc3c2)c1. The van der Waals surface area contributed by atoms with Crippen LogP contribution < -0.4 is 14.8 Å². The molecule has 1 amide bonds. The van der Waals surface area contributed by atoms with Gasteiger partial charge in [-0.15, -0.1) is 0 Å². The van der Waals surface area contributed by atoms with Crippen molar-refractivity contribution < 1.29 is 18.7 Å². The molecule has 0 saturated heterocycles. The summed E-state index contributed by atoms with van der Waals surface area (Å²) in [7, 11) is 1.61. The topological polar surface area (TPSA) is 73.6 Å².